The number of aromatic nitrogens is 4. The highest BCUT2D eigenvalue weighted by Gasteiger charge is 2.43. The quantitative estimate of drug-likeness (QED) is 0.288. The fraction of sp³-hybridized carbons (Fsp3) is 0.312. The zero-order valence-electron chi connectivity index (χ0n) is 17.2. The van der Waals surface area contributed by atoms with Crippen LogP contribution in [0.3, 0.4) is 0 Å². The van der Waals surface area contributed by atoms with Gasteiger partial charge in [-0.2, -0.15) is 4.31 Å². The molecule has 0 amide bonds. The second-order valence-corrected chi connectivity index (χ2v) is 12.1. The third-order valence-electron chi connectivity index (χ3n) is 4.71. The van der Waals surface area contributed by atoms with Gasteiger partial charge in [-0.05, 0) is 25.0 Å². The fourth-order valence-corrected chi connectivity index (χ4v) is 7.48. The van der Waals surface area contributed by atoms with E-state index in [0.717, 1.165) is 0 Å². The Morgan fingerprint density at radius 1 is 1.06 bits per heavy atom. The van der Waals surface area contributed by atoms with Crippen LogP contribution in [-0.2, 0) is 31.6 Å². The maximum absolute atomic E-state index is 13.4. The molecule has 3 aromatic rings. The van der Waals surface area contributed by atoms with Gasteiger partial charge in [-0.3, -0.25) is 9.13 Å². The topological polar surface area (TPSA) is 218 Å². The van der Waals surface area contributed by atoms with E-state index >= 15 is 0 Å². The lowest BCUT2D eigenvalue weighted by atomic mass is 10.2. The zero-order chi connectivity index (χ0) is 24.6. The van der Waals surface area contributed by atoms with Crippen molar-refractivity contribution in [2.75, 3.05) is 12.3 Å². The molecule has 1 aliphatic heterocycles. The van der Waals surface area contributed by atoms with Crippen LogP contribution in [0.4, 0.5) is 5.82 Å². The number of nitrogens with zero attached hydrogens (tertiary/aromatic N) is 4. The van der Waals surface area contributed by atoms with E-state index in [0.29, 0.717) is 24.0 Å². The van der Waals surface area contributed by atoms with Gasteiger partial charge in [0.15, 0.2) is 11.5 Å². The minimum absolute atomic E-state index is 0.124. The monoisotopic (exact) mass is 535 g/mol. The van der Waals surface area contributed by atoms with E-state index in [-0.39, 0.29) is 17.7 Å². The molecule has 2 aromatic heterocycles. The van der Waals surface area contributed by atoms with Gasteiger partial charge in [0.2, 0.25) is 0 Å². The lowest BCUT2D eigenvalue weighted by Crippen LogP contribution is -2.19. The Balaban J connectivity index is 1.49. The number of ether oxygens (including phenoxy) is 1. The zero-order valence-corrected chi connectivity index (χ0v) is 19.9. The molecule has 2 unspecified atom stereocenters. The summed E-state index contributed by atoms with van der Waals surface area (Å²) in [4.78, 5) is 39.6. The van der Waals surface area contributed by atoms with Crippen molar-refractivity contribution in [1.29, 1.82) is 0 Å². The predicted octanol–water partition coefficient (Wildman–Crippen LogP) is 1.85. The molecule has 0 spiro atoms. The summed E-state index contributed by atoms with van der Waals surface area (Å²) in [5.41, 5.74) is 6.68. The van der Waals surface area contributed by atoms with E-state index in [1.54, 1.807) is 10.6 Å². The van der Waals surface area contributed by atoms with Crippen LogP contribution < -0.4 is 11.0 Å². The largest absolute Gasteiger partial charge is 0.488 e. The number of imidazole rings is 1. The van der Waals surface area contributed by atoms with Gasteiger partial charge in [-0.25, -0.2) is 28.4 Å². The number of anilines is 1. The average molecular weight is 535 g/mol. The Morgan fingerprint density at radius 3 is 2.50 bits per heavy atom. The molecule has 0 bridgehead atoms. The predicted molar refractivity (Wildman–Crippen MR) is 117 cm³/mol. The van der Waals surface area contributed by atoms with Crippen LogP contribution in [-0.4, -0.2) is 46.9 Å². The standard InChI is InChI=1S/C16H20N5O10P3/c17-15-14-16(19-9-18-15)21(10-20-14)13-7-6-11(29-13)8-28-32(22,12-4-2-1-3-5-12)30-34(26,27)31-33(23,24)25/h1-5,9-11,13H,6-8H2,(H,26,27)(H2,17,18,19)(H2,23,24,25)/t11-,13+,32?/m0/s1. The minimum Gasteiger partial charge on any atom is -0.382 e. The maximum Gasteiger partial charge on any atom is 0.488 e. The molecule has 184 valence electrons. The van der Waals surface area contributed by atoms with E-state index in [4.69, 9.17) is 24.8 Å². The highest BCUT2D eigenvalue weighted by Crippen LogP contribution is 2.67. The molecule has 4 rings (SSSR count). The summed E-state index contributed by atoms with van der Waals surface area (Å²) >= 11 is 0. The van der Waals surface area contributed by atoms with Crippen molar-refractivity contribution in [2.24, 2.45) is 0 Å². The van der Waals surface area contributed by atoms with Crippen LogP contribution in [0.25, 0.3) is 11.2 Å². The Hall–Kier alpha value is -2.02. The molecule has 18 heteroatoms. The first-order valence-electron chi connectivity index (χ1n) is 9.65. The van der Waals surface area contributed by atoms with Crippen LogP contribution in [0, 0.1) is 0 Å². The lowest BCUT2D eigenvalue weighted by molar-refractivity contribution is -0.0170. The minimum atomic E-state index is -5.48. The van der Waals surface area contributed by atoms with E-state index in [9.17, 15) is 18.6 Å². The Morgan fingerprint density at radius 2 is 1.79 bits per heavy atom. The van der Waals surface area contributed by atoms with E-state index in [2.05, 4.69) is 23.6 Å². The number of rotatable bonds is 9. The lowest BCUT2D eigenvalue weighted by Gasteiger charge is -2.22. The van der Waals surface area contributed by atoms with Gasteiger partial charge in [0.05, 0.1) is 24.3 Å². The van der Waals surface area contributed by atoms with Crippen molar-refractivity contribution in [3.05, 3.63) is 43.0 Å². The molecule has 0 radical (unpaired) electrons. The van der Waals surface area contributed by atoms with Crippen molar-refractivity contribution in [3.63, 3.8) is 0 Å². The summed E-state index contributed by atoms with van der Waals surface area (Å²) in [6.07, 6.45) is 2.67. The highest BCUT2D eigenvalue weighted by atomic mass is 31.3. The SMILES string of the molecule is Nc1ncnc2c1ncn2[C@H]1CC[C@@H](COP(=O)(OP(=O)(O)OP(=O)(O)O)c2ccccc2)O1. The molecular weight excluding hydrogens is 515 g/mol. The molecule has 0 saturated carbocycles. The second-order valence-electron chi connectivity index (χ2n) is 7.12. The smallest absolute Gasteiger partial charge is 0.382 e. The van der Waals surface area contributed by atoms with Crippen molar-refractivity contribution < 1.29 is 46.3 Å². The highest BCUT2D eigenvalue weighted by molar-refractivity contribution is 7.72. The van der Waals surface area contributed by atoms with Crippen LogP contribution in [0.15, 0.2) is 43.0 Å². The summed E-state index contributed by atoms with van der Waals surface area (Å²) in [6.45, 7) is -0.331. The number of fused-ring (bicyclic) bond motifs is 1. The third kappa shape index (κ3) is 5.78. The van der Waals surface area contributed by atoms with Crippen molar-refractivity contribution in [2.45, 2.75) is 25.2 Å². The molecule has 1 aromatic carbocycles. The van der Waals surface area contributed by atoms with Gasteiger partial charge in [-0.1, -0.05) is 18.2 Å². The van der Waals surface area contributed by atoms with Crippen molar-refractivity contribution >= 4 is 45.5 Å². The van der Waals surface area contributed by atoms with Gasteiger partial charge in [-0.15, -0.1) is 0 Å². The Labute approximate surface area is 192 Å². The Kier molecular flexibility index (Phi) is 7.05. The molecule has 15 nitrogen and oxygen atoms in total. The fourth-order valence-electron chi connectivity index (χ4n) is 3.32. The van der Waals surface area contributed by atoms with E-state index in [1.807, 2.05) is 0 Å². The first-order chi connectivity index (χ1) is 16.0. The number of hydrogen-bond acceptors (Lipinski definition) is 11. The molecule has 5 N–H and O–H groups in total. The van der Waals surface area contributed by atoms with Crippen LogP contribution >= 0.6 is 23.2 Å². The molecule has 0 aliphatic carbocycles. The Bertz CT molecular complexity index is 1320. The van der Waals surface area contributed by atoms with E-state index in [1.165, 1.54) is 36.9 Å². The van der Waals surface area contributed by atoms with Crippen LogP contribution in [0.2, 0.25) is 0 Å². The van der Waals surface area contributed by atoms with Gasteiger partial charge in [0.1, 0.15) is 18.1 Å². The van der Waals surface area contributed by atoms with Crippen molar-refractivity contribution in [1.82, 2.24) is 19.5 Å². The van der Waals surface area contributed by atoms with Gasteiger partial charge in [0.25, 0.3) is 0 Å². The molecule has 3 heterocycles. The molecule has 1 fully saturated rings. The number of nitrogen functional groups attached to an aromatic ring is 1. The van der Waals surface area contributed by atoms with Gasteiger partial charge in [0, 0.05) is 0 Å². The van der Waals surface area contributed by atoms with Crippen LogP contribution in [0.1, 0.15) is 19.1 Å². The summed E-state index contributed by atoms with van der Waals surface area (Å²) in [5.74, 6) is 0.216. The first-order valence-corrected chi connectivity index (χ1v) is 14.2. The summed E-state index contributed by atoms with van der Waals surface area (Å²) < 4.78 is 57.8. The van der Waals surface area contributed by atoms with Gasteiger partial charge < -0.3 is 29.7 Å². The number of nitrogens with two attached hydrogens (primary N) is 1. The van der Waals surface area contributed by atoms with E-state index < -0.39 is 35.6 Å². The third-order valence-corrected chi connectivity index (χ3v) is 9.49. The molecule has 34 heavy (non-hydrogen) atoms. The van der Waals surface area contributed by atoms with Crippen molar-refractivity contribution in [3.8, 4) is 0 Å². The summed E-state index contributed by atoms with van der Waals surface area (Å²) in [7, 11) is -15.5. The van der Waals surface area contributed by atoms with Crippen LogP contribution in [0.5, 0.6) is 0 Å². The average Bonchev–Trinajstić information content (AvgIpc) is 3.38. The normalized spacial score (nSPS) is 22.4. The second kappa shape index (κ2) is 9.56. The first kappa shape index (κ1) is 25.1. The van der Waals surface area contributed by atoms with Gasteiger partial charge >= 0.3 is 23.2 Å². The number of phosphoric acid groups is 2. The summed E-state index contributed by atoms with van der Waals surface area (Å²) in [5, 5.41) is -0.124. The number of hydrogen-bond donors (Lipinski definition) is 4. The molecule has 1 aliphatic rings. The molecule has 1 saturated heterocycles. The molecule has 4 atom stereocenters. The molecular formula is C16H20N5O10P3. The number of benzene rings is 1. The maximum atomic E-state index is 13.4. The summed E-state index contributed by atoms with van der Waals surface area (Å²) in [6, 6.07) is 7.15.